The molecule has 28 heavy (non-hydrogen) atoms. The molecule has 2 aromatic heterocycles. The predicted molar refractivity (Wildman–Crippen MR) is 110 cm³/mol. The number of anilines is 1. The van der Waals surface area contributed by atoms with Crippen LogP contribution in [0.3, 0.4) is 0 Å². The molecule has 1 fully saturated rings. The van der Waals surface area contributed by atoms with Crippen molar-refractivity contribution in [1.29, 1.82) is 0 Å². The summed E-state index contributed by atoms with van der Waals surface area (Å²) in [4.78, 5) is 23.8. The van der Waals surface area contributed by atoms with Gasteiger partial charge in [-0.15, -0.1) is 0 Å². The maximum Gasteiger partial charge on any atom is 0.294 e. The summed E-state index contributed by atoms with van der Waals surface area (Å²) in [6.07, 6.45) is 0. The van der Waals surface area contributed by atoms with Gasteiger partial charge in [-0.25, -0.2) is 4.98 Å². The van der Waals surface area contributed by atoms with Crippen LogP contribution in [0.4, 0.5) is 5.69 Å². The summed E-state index contributed by atoms with van der Waals surface area (Å²) in [6.45, 7) is 4.43. The van der Waals surface area contributed by atoms with Crippen LogP contribution in [0.1, 0.15) is 5.82 Å². The van der Waals surface area contributed by atoms with Gasteiger partial charge in [-0.3, -0.25) is 4.79 Å². The Balaban J connectivity index is 1.36. The molecule has 1 aliphatic heterocycles. The molecule has 0 aliphatic carbocycles. The smallest absolute Gasteiger partial charge is 0.294 e. The molecule has 2 aromatic carbocycles. The van der Waals surface area contributed by atoms with Crippen molar-refractivity contribution in [3.63, 3.8) is 0 Å². The van der Waals surface area contributed by atoms with Crippen LogP contribution in [0.5, 0.6) is 0 Å². The van der Waals surface area contributed by atoms with E-state index < -0.39 is 0 Å². The molecule has 0 saturated carbocycles. The van der Waals surface area contributed by atoms with Gasteiger partial charge in [0.1, 0.15) is 17.6 Å². The van der Waals surface area contributed by atoms with E-state index in [4.69, 9.17) is 21.0 Å². The lowest BCUT2D eigenvalue weighted by Gasteiger charge is -2.33. The topological polar surface area (TPSA) is 66.6 Å². The van der Waals surface area contributed by atoms with E-state index >= 15 is 0 Å². The number of quaternary nitrogens is 1. The number of para-hydroxylation sites is 2. The lowest BCUT2D eigenvalue weighted by molar-refractivity contribution is -0.915. The number of rotatable bonds is 3. The van der Waals surface area contributed by atoms with Crippen molar-refractivity contribution in [1.82, 2.24) is 9.97 Å². The molecule has 0 bridgehead atoms. The van der Waals surface area contributed by atoms with Crippen LogP contribution in [0.25, 0.3) is 22.1 Å². The van der Waals surface area contributed by atoms with Crippen LogP contribution in [-0.2, 0) is 6.54 Å². The number of furan rings is 1. The van der Waals surface area contributed by atoms with Gasteiger partial charge in [-0.1, -0.05) is 35.9 Å². The summed E-state index contributed by atoms with van der Waals surface area (Å²) in [6, 6.07) is 15.6. The molecule has 1 aliphatic rings. The van der Waals surface area contributed by atoms with Crippen LogP contribution < -0.4 is 15.4 Å². The largest absolute Gasteiger partial charge is 0.449 e. The van der Waals surface area contributed by atoms with E-state index in [1.165, 1.54) is 4.90 Å². The number of nitrogens with one attached hydrogen (secondary N) is 2. The summed E-state index contributed by atoms with van der Waals surface area (Å²) in [5, 5.41) is 1.66. The highest BCUT2D eigenvalue weighted by molar-refractivity contribution is 6.33. The monoisotopic (exact) mass is 395 g/mol. The van der Waals surface area contributed by atoms with E-state index in [2.05, 4.69) is 16.0 Å². The highest BCUT2D eigenvalue weighted by Crippen LogP contribution is 2.25. The zero-order valence-corrected chi connectivity index (χ0v) is 16.0. The van der Waals surface area contributed by atoms with Crippen LogP contribution in [-0.4, -0.2) is 36.1 Å². The Hall–Kier alpha value is -2.83. The van der Waals surface area contributed by atoms with E-state index in [9.17, 15) is 4.79 Å². The zero-order valence-electron chi connectivity index (χ0n) is 15.2. The second kappa shape index (κ2) is 6.96. The predicted octanol–water partition coefficient (Wildman–Crippen LogP) is 2.23. The Morgan fingerprint density at radius 3 is 2.68 bits per heavy atom. The number of nitrogens with zero attached hydrogens (tertiary/aromatic N) is 2. The highest BCUT2D eigenvalue weighted by atomic mass is 35.5. The molecular formula is C21H20ClN4O2+. The van der Waals surface area contributed by atoms with Gasteiger partial charge in [-0.05, 0) is 24.3 Å². The number of hydrogen-bond donors (Lipinski definition) is 2. The SMILES string of the molecule is O=c1[nH]c(C[NH+]2CCN(c3ccccc3Cl)CC2)nc2c1oc1ccccc12. The Morgan fingerprint density at radius 1 is 1.11 bits per heavy atom. The number of aromatic nitrogens is 2. The first-order chi connectivity index (χ1) is 13.7. The Morgan fingerprint density at radius 2 is 1.86 bits per heavy atom. The van der Waals surface area contributed by atoms with Crippen LogP contribution in [0.15, 0.2) is 57.7 Å². The number of aromatic amines is 1. The third kappa shape index (κ3) is 3.04. The third-order valence-electron chi connectivity index (χ3n) is 5.36. The number of benzene rings is 2. The third-order valence-corrected chi connectivity index (χ3v) is 5.68. The van der Waals surface area contributed by atoms with Crippen LogP contribution in [0.2, 0.25) is 5.02 Å². The minimum absolute atomic E-state index is 0.217. The number of H-pyrrole nitrogens is 1. The molecule has 5 rings (SSSR count). The minimum Gasteiger partial charge on any atom is -0.449 e. The number of piperazine rings is 1. The minimum atomic E-state index is -0.217. The first-order valence-corrected chi connectivity index (χ1v) is 9.80. The van der Waals surface area contributed by atoms with Crippen molar-refractivity contribution in [3.05, 3.63) is 69.7 Å². The van der Waals surface area contributed by atoms with Gasteiger partial charge in [0.25, 0.3) is 5.56 Å². The van der Waals surface area contributed by atoms with Gasteiger partial charge < -0.3 is 19.2 Å². The van der Waals surface area contributed by atoms with E-state index in [1.807, 2.05) is 42.5 Å². The molecule has 2 N–H and O–H groups in total. The zero-order chi connectivity index (χ0) is 19.1. The normalized spacial score (nSPS) is 15.5. The Bertz CT molecular complexity index is 1210. The van der Waals surface area contributed by atoms with Crippen molar-refractivity contribution in [2.75, 3.05) is 31.1 Å². The molecule has 6 nitrogen and oxygen atoms in total. The number of fused-ring (bicyclic) bond motifs is 3. The fourth-order valence-corrected chi connectivity index (χ4v) is 4.17. The van der Waals surface area contributed by atoms with E-state index in [0.717, 1.165) is 42.3 Å². The van der Waals surface area contributed by atoms with Gasteiger partial charge in [0, 0.05) is 5.39 Å². The summed E-state index contributed by atoms with van der Waals surface area (Å²) in [5.74, 6) is 0.699. The van der Waals surface area contributed by atoms with Crippen molar-refractivity contribution in [2.45, 2.75) is 6.54 Å². The summed E-state index contributed by atoms with van der Waals surface area (Å²) in [5.41, 5.74) is 2.49. The maximum atomic E-state index is 12.5. The van der Waals surface area contributed by atoms with Gasteiger partial charge in [0.05, 0.1) is 36.9 Å². The second-order valence-electron chi connectivity index (χ2n) is 7.15. The molecule has 3 heterocycles. The average molecular weight is 396 g/mol. The summed E-state index contributed by atoms with van der Waals surface area (Å²) < 4.78 is 5.67. The molecule has 1 saturated heterocycles. The van der Waals surface area contributed by atoms with Crippen LogP contribution in [0, 0.1) is 0 Å². The number of halogens is 1. The molecule has 0 unspecified atom stereocenters. The average Bonchev–Trinajstić information content (AvgIpc) is 3.09. The molecular weight excluding hydrogens is 376 g/mol. The second-order valence-corrected chi connectivity index (χ2v) is 7.56. The van der Waals surface area contributed by atoms with E-state index in [-0.39, 0.29) is 5.56 Å². The quantitative estimate of drug-likeness (QED) is 0.558. The van der Waals surface area contributed by atoms with Crippen LogP contribution >= 0.6 is 11.6 Å². The summed E-state index contributed by atoms with van der Waals surface area (Å²) >= 11 is 6.33. The van der Waals surface area contributed by atoms with Gasteiger partial charge in [-0.2, -0.15) is 0 Å². The molecule has 0 atom stereocenters. The molecule has 142 valence electrons. The van der Waals surface area contributed by atoms with Gasteiger partial charge in [0.15, 0.2) is 5.82 Å². The van der Waals surface area contributed by atoms with E-state index in [1.54, 1.807) is 0 Å². The van der Waals surface area contributed by atoms with Gasteiger partial charge in [0.2, 0.25) is 5.58 Å². The van der Waals surface area contributed by atoms with Gasteiger partial charge >= 0.3 is 0 Å². The van der Waals surface area contributed by atoms with Crippen molar-refractivity contribution in [2.24, 2.45) is 0 Å². The highest BCUT2D eigenvalue weighted by Gasteiger charge is 2.23. The lowest BCUT2D eigenvalue weighted by Crippen LogP contribution is -3.13. The number of hydrogen-bond acceptors (Lipinski definition) is 4. The molecule has 0 spiro atoms. The first-order valence-electron chi connectivity index (χ1n) is 9.42. The van der Waals surface area contributed by atoms with Crippen molar-refractivity contribution < 1.29 is 9.32 Å². The fraction of sp³-hybridized carbons (Fsp3) is 0.238. The Kier molecular flexibility index (Phi) is 4.30. The van der Waals surface area contributed by atoms with Crippen molar-refractivity contribution in [3.8, 4) is 0 Å². The molecule has 7 heteroatoms. The molecule has 0 radical (unpaired) electrons. The standard InChI is InChI=1S/C21H19ClN4O2/c22-15-6-2-3-7-16(15)26-11-9-25(10-12-26)13-18-23-19-14-5-1-4-8-17(14)28-20(19)21(27)24-18/h1-8H,9-13H2,(H,23,24,27)/p+1. The fourth-order valence-electron chi connectivity index (χ4n) is 3.92. The summed E-state index contributed by atoms with van der Waals surface area (Å²) in [7, 11) is 0. The van der Waals surface area contributed by atoms with E-state index in [0.29, 0.717) is 29.1 Å². The molecule has 0 amide bonds. The molecule has 4 aromatic rings. The Labute approximate surface area is 166 Å². The first kappa shape index (κ1) is 17.3. The maximum absolute atomic E-state index is 12.5. The van der Waals surface area contributed by atoms with Crippen molar-refractivity contribution >= 4 is 39.4 Å². The lowest BCUT2D eigenvalue weighted by atomic mass is 10.2.